The molecule has 0 atom stereocenters. The molecule has 0 spiro atoms. The molecule has 1 aromatic carbocycles. The topological polar surface area (TPSA) is 75.5 Å². The lowest BCUT2D eigenvalue weighted by Gasteiger charge is -2.19. The molecular formula is C18H28N4O3S. The molecule has 0 aliphatic heterocycles. The summed E-state index contributed by atoms with van der Waals surface area (Å²) in [6.07, 6.45) is 0.894. The van der Waals surface area contributed by atoms with Crippen LogP contribution in [0.5, 0.6) is 0 Å². The molecular weight excluding hydrogens is 352 g/mol. The van der Waals surface area contributed by atoms with Crippen LogP contribution in [-0.4, -0.2) is 60.8 Å². The minimum Gasteiger partial charge on any atom is -0.345 e. The maximum atomic E-state index is 12.3. The predicted molar refractivity (Wildman–Crippen MR) is 102 cm³/mol. The van der Waals surface area contributed by atoms with Crippen molar-refractivity contribution in [2.45, 2.75) is 31.6 Å². The van der Waals surface area contributed by atoms with Crippen LogP contribution in [0.4, 0.5) is 0 Å². The van der Waals surface area contributed by atoms with Crippen LogP contribution < -0.4 is 0 Å². The number of hydrogen-bond acceptors (Lipinski definition) is 4. The van der Waals surface area contributed by atoms with E-state index >= 15 is 0 Å². The van der Waals surface area contributed by atoms with Crippen molar-refractivity contribution in [3.63, 3.8) is 0 Å². The molecule has 26 heavy (non-hydrogen) atoms. The molecule has 0 saturated carbocycles. The standard InChI is InChI=1S/C18H28N4O3S/c1-13(2)12-21(5)18(23)10-9-17-19-15-11-14(26(24,25)20(3)4)7-8-16(15)22(17)6/h7-8,11,13H,9-10,12H2,1-6H3. The molecule has 8 heteroatoms. The highest BCUT2D eigenvalue weighted by atomic mass is 32.2. The second kappa shape index (κ2) is 7.75. The fraction of sp³-hybridized carbons (Fsp3) is 0.556. The van der Waals surface area contributed by atoms with Gasteiger partial charge < -0.3 is 9.47 Å². The van der Waals surface area contributed by atoms with Crippen molar-refractivity contribution in [3.8, 4) is 0 Å². The van der Waals surface area contributed by atoms with Gasteiger partial charge in [-0.2, -0.15) is 0 Å². The first-order chi connectivity index (χ1) is 12.0. The maximum absolute atomic E-state index is 12.3. The molecule has 1 amide bonds. The molecule has 7 nitrogen and oxygen atoms in total. The average molecular weight is 381 g/mol. The van der Waals surface area contributed by atoms with Gasteiger partial charge in [0, 0.05) is 47.6 Å². The van der Waals surface area contributed by atoms with Gasteiger partial charge in [0.1, 0.15) is 5.82 Å². The van der Waals surface area contributed by atoms with Crippen LogP contribution in [0.1, 0.15) is 26.1 Å². The Balaban J connectivity index is 2.22. The van der Waals surface area contributed by atoms with E-state index in [1.807, 2.05) is 18.7 Å². The van der Waals surface area contributed by atoms with Gasteiger partial charge in [-0.1, -0.05) is 13.8 Å². The second-order valence-corrected chi connectivity index (χ2v) is 9.34. The number of fused-ring (bicyclic) bond motifs is 1. The largest absolute Gasteiger partial charge is 0.345 e. The Bertz CT molecular complexity index is 901. The number of carbonyl (C=O) groups is 1. The summed E-state index contributed by atoms with van der Waals surface area (Å²) in [7, 11) is 3.21. The zero-order chi connectivity index (χ0) is 19.6. The van der Waals surface area contributed by atoms with Crippen LogP contribution in [0.15, 0.2) is 23.1 Å². The Morgan fingerprint density at radius 1 is 1.23 bits per heavy atom. The molecule has 0 saturated heterocycles. The van der Waals surface area contributed by atoms with E-state index in [1.165, 1.54) is 18.4 Å². The third kappa shape index (κ3) is 4.24. The van der Waals surface area contributed by atoms with E-state index in [-0.39, 0.29) is 10.8 Å². The van der Waals surface area contributed by atoms with E-state index in [0.29, 0.717) is 24.3 Å². The lowest BCUT2D eigenvalue weighted by molar-refractivity contribution is -0.130. The molecule has 0 aliphatic carbocycles. The van der Waals surface area contributed by atoms with Crippen LogP contribution in [0, 0.1) is 5.92 Å². The average Bonchev–Trinajstić information content (AvgIpc) is 2.87. The Morgan fingerprint density at radius 3 is 2.46 bits per heavy atom. The van der Waals surface area contributed by atoms with Gasteiger partial charge >= 0.3 is 0 Å². The number of hydrogen-bond donors (Lipinski definition) is 0. The number of carbonyl (C=O) groups excluding carboxylic acids is 1. The van der Waals surface area contributed by atoms with Crippen molar-refractivity contribution >= 4 is 27.0 Å². The summed E-state index contributed by atoms with van der Waals surface area (Å²) >= 11 is 0. The Morgan fingerprint density at radius 2 is 1.88 bits per heavy atom. The number of aryl methyl sites for hydroxylation is 2. The molecule has 0 fully saturated rings. The minimum absolute atomic E-state index is 0.0848. The van der Waals surface area contributed by atoms with Crippen LogP contribution >= 0.6 is 0 Å². The summed E-state index contributed by atoms with van der Waals surface area (Å²) in [4.78, 5) is 18.8. The summed E-state index contributed by atoms with van der Waals surface area (Å²) in [5, 5.41) is 0. The summed E-state index contributed by atoms with van der Waals surface area (Å²) < 4.78 is 27.7. The van der Waals surface area contributed by atoms with Gasteiger partial charge in [-0.25, -0.2) is 17.7 Å². The predicted octanol–water partition coefficient (Wildman–Crippen LogP) is 1.87. The van der Waals surface area contributed by atoms with Gasteiger partial charge in [-0.05, 0) is 24.1 Å². The third-order valence-electron chi connectivity index (χ3n) is 4.35. The number of sulfonamides is 1. The smallest absolute Gasteiger partial charge is 0.242 e. The van der Waals surface area contributed by atoms with Crippen molar-refractivity contribution in [2.75, 3.05) is 27.7 Å². The number of nitrogens with zero attached hydrogens (tertiary/aromatic N) is 4. The number of imidazole rings is 1. The SMILES string of the molecule is CC(C)CN(C)C(=O)CCc1nc2cc(S(=O)(=O)N(C)C)ccc2n1C. The van der Waals surface area contributed by atoms with Crippen LogP contribution in [0.2, 0.25) is 0 Å². The summed E-state index contributed by atoms with van der Waals surface area (Å²) in [5.41, 5.74) is 1.47. The highest BCUT2D eigenvalue weighted by molar-refractivity contribution is 7.89. The number of benzene rings is 1. The van der Waals surface area contributed by atoms with E-state index in [1.54, 1.807) is 23.1 Å². The normalized spacial score (nSPS) is 12.3. The molecule has 0 unspecified atom stereocenters. The van der Waals surface area contributed by atoms with Gasteiger partial charge in [0.15, 0.2) is 0 Å². The molecule has 2 rings (SSSR count). The van der Waals surface area contributed by atoms with E-state index in [2.05, 4.69) is 18.8 Å². The van der Waals surface area contributed by atoms with Gasteiger partial charge in [0.25, 0.3) is 0 Å². The quantitative estimate of drug-likeness (QED) is 0.735. The lowest BCUT2D eigenvalue weighted by Crippen LogP contribution is -2.30. The lowest BCUT2D eigenvalue weighted by atomic mass is 10.2. The second-order valence-electron chi connectivity index (χ2n) is 7.19. The van der Waals surface area contributed by atoms with Crippen LogP contribution in [0.3, 0.4) is 0 Å². The summed E-state index contributed by atoms with van der Waals surface area (Å²) in [5.74, 6) is 1.28. The van der Waals surface area contributed by atoms with Crippen molar-refractivity contribution in [3.05, 3.63) is 24.0 Å². The van der Waals surface area contributed by atoms with Gasteiger partial charge in [0.2, 0.25) is 15.9 Å². The number of aromatic nitrogens is 2. The van der Waals surface area contributed by atoms with Gasteiger partial charge in [-0.3, -0.25) is 4.79 Å². The first kappa shape index (κ1) is 20.4. The van der Waals surface area contributed by atoms with Crippen molar-refractivity contribution < 1.29 is 13.2 Å². The molecule has 1 aromatic heterocycles. The highest BCUT2D eigenvalue weighted by Crippen LogP contribution is 2.22. The molecule has 0 bridgehead atoms. The van der Waals surface area contributed by atoms with Gasteiger partial charge in [0.05, 0.1) is 15.9 Å². The Hall–Kier alpha value is -1.93. The van der Waals surface area contributed by atoms with Crippen molar-refractivity contribution in [1.29, 1.82) is 0 Å². The zero-order valence-corrected chi connectivity index (χ0v) is 17.2. The van der Waals surface area contributed by atoms with E-state index < -0.39 is 10.0 Å². The summed E-state index contributed by atoms with van der Waals surface area (Å²) in [6, 6.07) is 4.93. The summed E-state index contributed by atoms with van der Waals surface area (Å²) in [6.45, 7) is 4.89. The van der Waals surface area contributed by atoms with Crippen molar-refractivity contribution in [1.82, 2.24) is 18.8 Å². The molecule has 2 aromatic rings. The molecule has 144 valence electrons. The Labute approximate surface area is 155 Å². The fourth-order valence-corrected chi connectivity index (χ4v) is 3.81. The third-order valence-corrected chi connectivity index (χ3v) is 6.16. The first-order valence-electron chi connectivity index (χ1n) is 8.66. The molecule has 0 N–H and O–H groups in total. The maximum Gasteiger partial charge on any atom is 0.242 e. The molecule has 1 heterocycles. The number of rotatable bonds is 7. The monoisotopic (exact) mass is 380 g/mol. The zero-order valence-electron chi connectivity index (χ0n) is 16.4. The Kier molecular flexibility index (Phi) is 6.08. The van der Waals surface area contributed by atoms with E-state index in [4.69, 9.17) is 0 Å². The van der Waals surface area contributed by atoms with Crippen LogP contribution in [0.25, 0.3) is 11.0 Å². The number of amides is 1. The van der Waals surface area contributed by atoms with Crippen LogP contribution in [-0.2, 0) is 28.3 Å². The van der Waals surface area contributed by atoms with E-state index in [0.717, 1.165) is 17.9 Å². The highest BCUT2D eigenvalue weighted by Gasteiger charge is 2.19. The minimum atomic E-state index is -3.50. The van der Waals surface area contributed by atoms with Gasteiger partial charge in [-0.15, -0.1) is 0 Å². The van der Waals surface area contributed by atoms with Crippen molar-refractivity contribution in [2.24, 2.45) is 13.0 Å². The molecule has 0 aliphatic rings. The fourth-order valence-electron chi connectivity index (χ4n) is 2.88. The molecule has 0 radical (unpaired) electrons. The van der Waals surface area contributed by atoms with E-state index in [9.17, 15) is 13.2 Å². The first-order valence-corrected chi connectivity index (χ1v) is 10.1.